The fourth-order valence-electron chi connectivity index (χ4n) is 4.69. The molecule has 0 fully saturated rings. The molecule has 2 aromatic rings. The maximum atomic E-state index is 12.6. The Morgan fingerprint density at radius 3 is 2.11 bits per heavy atom. The molecule has 3 rings (SSSR count). The van der Waals surface area contributed by atoms with Crippen molar-refractivity contribution in [2.45, 2.75) is 70.9 Å². The van der Waals surface area contributed by atoms with Crippen LogP contribution in [0.2, 0.25) is 0 Å². The number of amides is 2. The van der Waals surface area contributed by atoms with Gasteiger partial charge in [-0.1, -0.05) is 48.5 Å². The van der Waals surface area contributed by atoms with E-state index in [1.807, 2.05) is 45.0 Å². The summed E-state index contributed by atoms with van der Waals surface area (Å²) in [5.41, 5.74) is 4.72. The lowest BCUT2D eigenvalue weighted by molar-refractivity contribution is -0.138. The third kappa shape index (κ3) is 7.07. The Balaban J connectivity index is 1.42. The van der Waals surface area contributed by atoms with E-state index in [-0.39, 0.29) is 36.9 Å². The van der Waals surface area contributed by atoms with Crippen LogP contribution in [0.1, 0.15) is 69.9 Å². The van der Waals surface area contributed by atoms with Gasteiger partial charge in [-0.3, -0.25) is 9.59 Å². The van der Waals surface area contributed by atoms with E-state index in [9.17, 15) is 14.4 Å². The number of rotatable bonds is 12. The minimum absolute atomic E-state index is 0.0127. The molecule has 0 saturated heterocycles. The lowest BCUT2D eigenvalue weighted by atomic mass is 9.98. The number of nitrogens with one attached hydrogen (secondary N) is 1. The average molecular weight is 481 g/mol. The summed E-state index contributed by atoms with van der Waals surface area (Å²) in [4.78, 5) is 37.5. The molecule has 35 heavy (non-hydrogen) atoms. The predicted octanol–water partition coefficient (Wildman–Crippen LogP) is 5.19. The van der Waals surface area contributed by atoms with Crippen LogP contribution in [0.15, 0.2) is 48.5 Å². The van der Waals surface area contributed by atoms with Crippen molar-refractivity contribution in [3.05, 3.63) is 59.7 Å². The molecular weight excluding hydrogens is 444 g/mol. The van der Waals surface area contributed by atoms with Gasteiger partial charge in [0.15, 0.2) is 0 Å². The lowest BCUT2D eigenvalue weighted by Crippen LogP contribution is -2.38. The van der Waals surface area contributed by atoms with Gasteiger partial charge < -0.3 is 20.1 Å². The van der Waals surface area contributed by atoms with Gasteiger partial charge in [0.2, 0.25) is 5.91 Å². The fourth-order valence-corrected chi connectivity index (χ4v) is 4.69. The first-order valence-electron chi connectivity index (χ1n) is 12.4. The van der Waals surface area contributed by atoms with E-state index < -0.39 is 12.1 Å². The molecule has 188 valence electrons. The van der Waals surface area contributed by atoms with Crippen LogP contribution in [0.4, 0.5) is 4.79 Å². The number of aliphatic carboxylic acids is 1. The molecule has 1 aliphatic carbocycles. The molecule has 7 nitrogen and oxygen atoms in total. The van der Waals surface area contributed by atoms with E-state index in [1.165, 1.54) is 22.3 Å². The minimum Gasteiger partial charge on any atom is -0.481 e. The molecule has 2 aromatic carbocycles. The SMILES string of the molecule is CC(CCCC(=O)N(CCCC(=O)O)C(C)C)NC(=O)OCC1c2ccccc2-c2ccccc21. The van der Waals surface area contributed by atoms with Gasteiger partial charge in [-0.15, -0.1) is 0 Å². The molecule has 0 saturated carbocycles. The molecule has 1 aliphatic rings. The van der Waals surface area contributed by atoms with E-state index in [0.717, 1.165) is 0 Å². The summed E-state index contributed by atoms with van der Waals surface area (Å²) in [5.74, 6) is -0.822. The van der Waals surface area contributed by atoms with Crippen molar-refractivity contribution in [1.29, 1.82) is 0 Å². The minimum atomic E-state index is -0.853. The molecule has 2 amide bonds. The van der Waals surface area contributed by atoms with Crippen molar-refractivity contribution < 1.29 is 24.2 Å². The van der Waals surface area contributed by atoms with Gasteiger partial charge in [0, 0.05) is 37.4 Å². The van der Waals surface area contributed by atoms with Crippen LogP contribution in [-0.4, -0.2) is 53.2 Å². The standard InChI is InChI=1S/C28H36N2O5/c1-19(2)30(17-9-16-27(32)33)26(31)15-8-10-20(3)29-28(34)35-18-25-23-13-6-4-11-21(23)22-12-5-7-14-24(22)25/h4-7,11-14,19-20,25H,8-10,15-18H2,1-3H3,(H,29,34)(H,32,33). The molecule has 0 aromatic heterocycles. The van der Waals surface area contributed by atoms with Crippen LogP contribution in [-0.2, 0) is 14.3 Å². The van der Waals surface area contributed by atoms with Gasteiger partial charge in [-0.2, -0.15) is 0 Å². The number of fused-ring (bicyclic) bond motifs is 3. The highest BCUT2D eigenvalue weighted by atomic mass is 16.5. The summed E-state index contributed by atoms with van der Waals surface area (Å²) in [6, 6.07) is 16.3. The number of alkyl carbamates (subject to hydrolysis) is 1. The van der Waals surface area contributed by atoms with Crippen LogP contribution < -0.4 is 5.32 Å². The molecule has 0 spiro atoms. The molecule has 0 bridgehead atoms. The molecule has 0 aliphatic heterocycles. The van der Waals surface area contributed by atoms with Gasteiger partial charge >= 0.3 is 12.1 Å². The molecule has 7 heteroatoms. The number of carboxylic acid groups (broad SMARTS) is 1. The van der Waals surface area contributed by atoms with Crippen LogP contribution in [0.5, 0.6) is 0 Å². The Hall–Kier alpha value is -3.35. The van der Waals surface area contributed by atoms with E-state index in [0.29, 0.717) is 32.2 Å². The van der Waals surface area contributed by atoms with Gasteiger partial charge in [0.05, 0.1) is 0 Å². The van der Waals surface area contributed by atoms with Crippen LogP contribution in [0.25, 0.3) is 11.1 Å². The Bertz CT molecular complexity index is 990. The maximum absolute atomic E-state index is 12.6. The number of hydrogen-bond donors (Lipinski definition) is 2. The predicted molar refractivity (Wildman–Crippen MR) is 135 cm³/mol. The first-order chi connectivity index (χ1) is 16.8. The highest BCUT2D eigenvalue weighted by Crippen LogP contribution is 2.44. The zero-order valence-corrected chi connectivity index (χ0v) is 20.8. The lowest BCUT2D eigenvalue weighted by Gasteiger charge is -2.27. The van der Waals surface area contributed by atoms with Gasteiger partial charge in [-0.05, 0) is 62.3 Å². The molecular formula is C28H36N2O5. The summed E-state index contributed by atoms with van der Waals surface area (Å²) < 4.78 is 5.60. The highest BCUT2D eigenvalue weighted by molar-refractivity contribution is 5.79. The summed E-state index contributed by atoms with van der Waals surface area (Å²) in [6.07, 6.45) is 1.68. The second-order valence-electron chi connectivity index (χ2n) is 9.44. The molecule has 1 unspecified atom stereocenters. The fraction of sp³-hybridized carbons (Fsp3) is 0.464. The first kappa shape index (κ1) is 26.3. The second-order valence-corrected chi connectivity index (χ2v) is 9.44. The van der Waals surface area contributed by atoms with E-state index in [4.69, 9.17) is 9.84 Å². The average Bonchev–Trinajstić information content (AvgIpc) is 3.13. The Morgan fingerprint density at radius 2 is 1.54 bits per heavy atom. The molecule has 1 atom stereocenters. The van der Waals surface area contributed by atoms with Crippen molar-refractivity contribution in [2.75, 3.05) is 13.2 Å². The zero-order valence-electron chi connectivity index (χ0n) is 20.8. The highest BCUT2D eigenvalue weighted by Gasteiger charge is 2.29. The number of nitrogens with zero attached hydrogens (tertiary/aromatic N) is 1. The van der Waals surface area contributed by atoms with E-state index in [2.05, 4.69) is 29.6 Å². The number of carbonyl (C=O) groups excluding carboxylic acids is 2. The van der Waals surface area contributed by atoms with Gasteiger partial charge in [0.25, 0.3) is 0 Å². The van der Waals surface area contributed by atoms with Gasteiger partial charge in [-0.25, -0.2) is 4.79 Å². The van der Waals surface area contributed by atoms with Crippen LogP contribution >= 0.6 is 0 Å². The zero-order chi connectivity index (χ0) is 25.4. The van der Waals surface area contributed by atoms with E-state index >= 15 is 0 Å². The van der Waals surface area contributed by atoms with E-state index in [1.54, 1.807) is 4.90 Å². The quantitative estimate of drug-likeness (QED) is 0.436. The number of carbonyl (C=O) groups is 3. The smallest absolute Gasteiger partial charge is 0.407 e. The van der Waals surface area contributed by atoms with Gasteiger partial charge in [0.1, 0.15) is 6.61 Å². The van der Waals surface area contributed by atoms with Crippen LogP contribution in [0, 0.1) is 0 Å². The number of carboxylic acids is 1. The Morgan fingerprint density at radius 1 is 0.943 bits per heavy atom. The van der Waals surface area contributed by atoms with Crippen molar-refractivity contribution in [3.63, 3.8) is 0 Å². The van der Waals surface area contributed by atoms with Crippen molar-refractivity contribution in [2.24, 2.45) is 0 Å². The number of ether oxygens (including phenoxy) is 1. The van der Waals surface area contributed by atoms with Crippen molar-refractivity contribution in [1.82, 2.24) is 10.2 Å². The maximum Gasteiger partial charge on any atom is 0.407 e. The summed E-state index contributed by atoms with van der Waals surface area (Å²) in [5, 5.41) is 11.7. The summed E-state index contributed by atoms with van der Waals surface area (Å²) in [6.45, 7) is 6.47. The summed E-state index contributed by atoms with van der Waals surface area (Å²) in [7, 11) is 0. The monoisotopic (exact) mass is 480 g/mol. The molecule has 2 N–H and O–H groups in total. The third-order valence-electron chi connectivity index (χ3n) is 6.47. The molecule has 0 radical (unpaired) electrons. The first-order valence-corrected chi connectivity index (χ1v) is 12.4. The largest absolute Gasteiger partial charge is 0.481 e. The third-order valence-corrected chi connectivity index (χ3v) is 6.47. The topological polar surface area (TPSA) is 95.9 Å². The number of hydrogen-bond acceptors (Lipinski definition) is 4. The van der Waals surface area contributed by atoms with Crippen molar-refractivity contribution in [3.8, 4) is 11.1 Å². The van der Waals surface area contributed by atoms with Crippen molar-refractivity contribution >= 4 is 18.0 Å². The Labute approximate surface area is 207 Å². The van der Waals surface area contributed by atoms with Crippen LogP contribution in [0.3, 0.4) is 0 Å². The second kappa shape index (κ2) is 12.4. The summed E-state index contributed by atoms with van der Waals surface area (Å²) >= 11 is 0. The Kier molecular flexibility index (Phi) is 9.29. The normalized spacial score (nSPS) is 13.1. The number of benzene rings is 2. The molecule has 0 heterocycles.